The molecule has 12 rings (SSSR count). The summed E-state index contributed by atoms with van der Waals surface area (Å²) in [6, 6.07) is 69.0. The molecule has 0 N–H and O–H groups in total. The minimum Gasteiger partial charge on any atom is -0.309 e. The van der Waals surface area contributed by atoms with Gasteiger partial charge in [-0.05, 0) is 65.5 Å². The third-order valence-electron chi connectivity index (χ3n) is 11.4. The SMILES string of the molecule is c1ccc(-c2c3ccc(-n4c5ccccc5c5cc(-n6c7ccccc7c7ccccc76)ccc54)cc3n3c4ccccc4c4ccccc4c23)cc1. The van der Waals surface area contributed by atoms with Crippen LogP contribution in [0.1, 0.15) is 0 Å². The van der Waals surface area contributed by atoms with Gasteiger partial charge in [0.1, 0.15) is 0 Å². The Morgan fingerprint density at radius 3 is 1.36 bits per heavy atom. The largest absolute Gasteiger partial charge is 0.309 e. The monoisotopic (exact) mass is 673 g/mol. The zero-order valence-corrected chi connectivity index (χ0v) is 28.7. The molecule has 0 aliphatic heterocycles. The van der Waals surface area contributed by atoms with Crippen LogP contribution in [0.5, 0.6) is 0 Å². The molecule has 8 aromatic carbocycles. The summed E-state index contributed by atoms with van der Waals surface area (Å²) < 4.78 is 7.37. The first kappa shape index (κ1) is 28.6. The fourth-order valence-electron chi connectivity index (χ4n) is 9.22. The minimum absolute atomic E-state index is 1.14. The van der Waals surface area contributed by atoms with E-state index in [-0.39, 0.29) is 0 Å². The second-order valence-electron chi connectivity index (χ2n) is 14.1. The van der Waals surface area contributed by atoms with E-state index in [2.05, 4.69) is 202 Å². The van der Waals surface area contributed by atoms with Crippen LogP contribution in [-0.4, -0.2) is 13.5 Å². The van der Waals surface area contributed by atoms with Gasteiger partial charge in [-0.15, -0.1) is 0 Å². The number of benzene rings is 8. The summed E-state index contributed by atoms with van der Waals surface area (Å²) in [7, 11) is 0. The maximum Gasteiger partial charge on any atom is 0.0626 e. The third kappa shape index (κ3) is 3.88. The van der Waals surface area contributed by atoms with Crippen molar-refractivity contribution in [1.82, 2.24) is 13.5 Å². The molecule has 0 saturated heterocycles. The first-order chi connectivity index (χ1) is 26.3. The molecule has 0 radical (unpaired) electrons. The van der Waals surface area contributed by atoms with E-state index in [4.69, 9.17) is 0 Å². The van der Waals surface area contributed by atoms with E-state index in [1.165, 1.54) is 92.8 Å². The van der Waals surface area contributed by atoms with Crippen LogP contribution >= 0.6 is 0 Å². The fourth-order valence-corrected chi connectivity index (χ4v) is 9.22. The van der Waals surface area contributed by atoms with E-state index in [0.29, 0.717) is 0 Å². The lowest BCUT2D eigenvalue weighted by Gasteiger charge is -2.12. The molecule has 3 heteroatoms. The summed E-state index contributed by atoms with van der Waals surface area (Å²) in [6.45, 7) is 0. The Kier molecular flexibility index (Phi) is 5.77. The molecule has 0 amide bonds. The summed E-state index contributed by atoms with van der Waals surface area (Å²) in [4.78, 5) is 0. The maximum absolute atomic E-state index is 2.51. The highest BCUT2D eigenvalue weighted by atomic mass is 15.0. The molecule has 0 atom stereocenters. The quantitative estimate of drug-likeness (QED) is 0.166. The highest BCUT2D eigenvalue weighted by Crippen LogP contribution is 2.44. The molecule has 0 aliphatic rings. The molecule has 0 saturated carbocycles. The van der Waals surface area contributed by atoms with Gasteiger partial charge in [0.2, 0.25) is 0 Å². The number of hydrogen-bond acceptors (Lipinski definition) is 0. The lowest BCUT2D eigenvalue weighted by molar-refractivity contribution is 1.17. The van der Waals surface area contributed by atoms with Crippen molar-refractivity contribution in [3.63, 3.8) is 0 Å². The standard InChI is InChI=1S/C50H31N3/c1-2-14-32(15-3-1)49-41-28-26-34(31-48(41)53-46-25-13-6-17-36(46)35-16-4-5-21-40(35)50(49)53)52-45-24-12-9-20-39(45)42-30-33(27-29-47(42)52)51-43-22-10-7-18-37(43)38-19-8-11-23-44(38)51/h1-31H. The van der Waals surface area contributed by atoms with Crippen molar-refractivity contribution in [1.29, 1.82) is 0 Å². The molecule has 3 nitrogen and oxygen atoms in total. The fraction of sp³-hybridized carbons (Fsp3) is 0. The number of hydrogen-bond donors (Lipinski definition) is 0. The number of pyridine rings is 1. The van der Waals surface area contributed by atoms with E-state index in [1.807, 2.05) is 0 Å². The van der Waals surface area contributed by atoms with Crippen LogP contribution in [0.2, 0.25) is 0 Å². The van der Waals surface area contributed by atoms with E-state index >= 15 is 0 Å². The van der Waals surface area contributed by atoms with Gasteiger partial charge in [-0.2, -0.15) is 0 Å². The number of aromatic nitrogens is 3. The van der Waals surface area contributed by atoms with Crippen molar-refractivity contribution in [2.24, 2.45) is 0 Å². The Labute approximate surface area is 304 Å². The highest BCUT2D eigenvalue weighted by molar-refractivity contribution is 6.22. The number of para-hydroxylation sites is 4. The Morgan fingerprint density at radius 1 is 0.264 bits per heavy atom. The zero-order chi connectivity index (χ0) is 34.6. The second-order valence-corrected chi connectivity index (χ2v) is 14.1. The third-order valence-corrected chi connectivity index (χ3v) is 11.4. The van der Waals surface area contributed by atoms with Crippen molar-refractivity contribution in [2.75, 3.05) is 0 Å². The van der Waals surface area contributed by atoms with Crippen molar-refractivity contribution < 1.29 is 0 Å². The lowest BCUT2D eigenvalue weighted by Crippen LogP contribution is -1.96. The van der Waals surface area contributed by atoms with Crippen LogP contribution in [0.4, 0.5) is 0 Å². The van der Waals surface area contributed by atoms with Crippen molar-refractivity contribution in [3.05, 3.63) is 188 Å². The molecule has 246 valence electrons. The van der Waals surface area contributed by atoms with Gasteiger partial charge >= 0.3 is 0 Å². The molecule has 12 aromatic rings. The van der Waals surface area contributed by atoms with Gasteiger partial charge in [0.05, 0.1) is 38.6 Å². The van der Waals surface area contributed by atoms with Gasteiger partial charge in [0.15, 0.2) is 0 Å². The second kappa shape index (κ2) is 10.7. The van der Waals surface area contributed by atoms with Gasteiger partial charge in [-0.3, -0.25) is 0 Å². The van der Waals surface area contributed by atoms with E-state index in [0.717, 1.165) is 11.4 Å². The van der Waals surface area contributed by atoms with Crippen molar-refractivity contribution in [3.8, 4) is 22.5 Å². The molecule has 4 aromatic heterocycles. The smallest absolute Gasteiger partial charge is 0.0626 e. The predicted molar refractivity (Wildman–Crippen MR) is 224 cm³/mol. The summed E-state index contributed by atoms with van der Waals surface area (Å²) in [5, 5.41) is 10.1. The average molecular weight is 674 g/mol. The highest BCUT2D eigenvalue weighted by Gasteiger charge is 2.21. The van der Waals surface area contributed by atoms with Crippen LogP contribution in [0.3, 0.4) is 0 Å². The van der Waals surface area contributed by atoms with Gasteiger partial charge in [0, 0.05) is 54.6 Å². The molecule has 0 fully saturated rings. The molecule has 53 heavy (non-hydrogen) atoms. The summed E-state index contributed by atoms with van der Waals surface area (Å²) in [5.74, 6) is 0. The Hall–Kier alpha value is -7.10. The predicted octanol–water partition coefficient (Wildman–Crippen LogP) is 13.3. The van der Waals surface area contributed by atoms with Gasteiger partial charge in [0.25, 0.3) is 0 Å². The Balaban J connectivity index is 1.17. The van der Waals surface area contributed by atoms with E-state index < -0.39 is 0 Å². The maximum atomic E-state index is 2.51. The zero-order valence-electron chi connectivity index (χ0n) is 28.7. The van der Waals surface area contributed by atoms with Crippen molar-refractivity contribution in [2.45, 2.75) is 0 Å². The van der Waals surface area contributed by atoms with Crippen LogP contribution in [-0.2, 0) is 0 Å². The minimum atomic E-state index is 1.14. The number of fused-ring (bicyclic) bond motifs is 14. The van der Waals surface area contributed by atoms with E-state index in [1.54, 1.807) is 0 Å². The summed E-state index contributed by atoms with van der Waals surface area (Å²) >= 11 is 0. The van der Waals surface area contributed by atoms with Gasteiger partial charge in [-0.25, -0.2) is 0 Å². The normalized spacial score (nSPS) is 12.2. The van der Waals surface area contributed by atoms with Gasteiger partial charge in [-0.1, -0.05) is 133 Å². The Bertz CT molecular complexity index is 3400. The first-order valence-electron chi connectivity index (χ1n) is 18.3. The van der Waals surface area contributed by atoms with Crippen LogP contribution in [0, 0.1) is 0 Å². The van der Waals surface area contributed by atoms with E-state index in [9.17, 15) is 0 Å². The molecule has 0 spiro atoms. The lowest BCUT2D eigenvalue weighted by atomic mass is 9.99. The number of rotatable bonds is 3. The Morgan fingerprint density at radius 2 is 0.717 bits per heavy atom. The van der Waals surface area contributed by atoms with Crippen molar-refractivity contribution >= 4 is 81.7 Å². The molecule has 0 unspecified atom stereocenters. The van der Waals surface area contributed by atoms with Gasteiger partial charge < -0.3 is 13.5 Å². The first-order valence-corrected chi connectivity index (χ1v) is 18.3. The average Bonchev–Trinajstić information content (AvgIpc) is 3.87. The molecular weight excluding hydrogens is 643 g/mol. The summed E-state index contributed by atoms with van der Waals surface area (Å²) in [5.41, 5.74) is 13.3. The molecule has 4 heterocycles. The topological polar surface area (TPSA) is 14.3 Å². The molecule has 0 aliphatic carbocycles. The van der Waals surface area contributed by atoms with Crippen LogP contribution < -0.4 is 0 Å². The number of nitrogens with zero attached hydrogens (tertiary/aromatic N) is 3. The molecular formula is C50H31N3. The molecule has 0 bridgehead atoms. The summed E-state index contributed by atoms with van der Waals surface area (Å²) in [6.07, 6.45) is 0. The van der Waals surface area contributed by atoms with Crippen LogP contribution in [0.25, 0.3) is 104 Å². The van der Waals surface area contributed by atoms with Crippen LogP contribution in [0.15, 0.2) is 188 Å².